The van der Waals surface area contributed by atoms with Gasteiger partial charge in [-0.1, -0.05) is 26.8 Å². The minimum absolute atomic E-state index is 0.339. The third kappa shape index (κ3) is 4.21. The standard InChI is InChI=1S/C13H18F3NO2S/c1-9(12(2,3)4)17-20(18,19)11-7-5-6-10(8-11)13(14,15)16/h5-9,17H,1-4H3/t9-/m0/s1. The van der Waals surface area contributed by atoms with Crippen LogP contribution in [0.5, 0.6) is 0 Å². The van der Waals surface area contributed by atoms with E-state index in [4.69, 9.17) is 0 Å². The number of sulfonamides is 1. The molecule has 0 aliphatic carbocycles. The number of halogens is 3. The lowest BCUT2D eigenvalue weighted by Gasteiger charge is -2.27. The van der Waals surface area contributed by atoms with Crippen LogP contribution in [0.3, 0.4) is 0 Å². The highest BCUT2D eigenvalue weighted by molar-refractivity contribution is 7.89. The molecule has 3 nitrogen and oxygen atoms in total. The predicted molar refractivity (Wildman–Crippen MR) is 70.7 cm³/mol. The Hall–Kier alpha value is -1.08. The Kier molecular flexibility index (Phi) is 4.55. The zero-order valence-corrected chi connectivity index (χ0v) is 12.6. The van der Waals surface area contributed by atoms with Crippen LogP contribution in [0.2, 0.25) is 0 Å². The number of hydrogen-bond donors (Lipinski definition) is 1. The van der Waals surface area contributed by atoms with Gasteiger partial charge in [0.15, 0.2) is 0 Å². The van der Waals surface area contributed by atoms with Crippen LogP contribution in [-0.4, -0.2) is 14.5 Å². The maximum Gasteiger partial charge on any atom is 0.416 e. The Labute approximate surface area is 117 Å². The van der Waals surface area contributed by atoms with Crippen LogP contribution in [0.1, 0.15) is 33.3 Å². The third-order valence-corrected chi connectivity index (χ3v) is 4.64. The topological polar surface area (TPSA) is 46.2 Å². The summed E-state index contributed by atoms with van der Waals surface area (Å²) >= 11 is 0. The molecule has 1 aromatic rings. The molecule has 0 heterocycles. The maximum absolute atomic E-state index is 12.6. The van der Waals surface area contributed by atoms with Crippen molar-refractivity contribution >= 4 is 10.0 Å². The van der Waals surface area contributed by atoms with Crippen molar-refractivity contribution in [1.29, 1.82) is 0 Å². The third-order valence-electron chi connectivity index (χ3n) is 3.10. The Morgan fingerprint density at radius 2 is 1.70 bits per heavy atom. The molecule has 0 spiro atoms. The molecule has 114 valence electrons. The molecule has 0 bridgehead atoms. The zero-order chi connectivity index (χ0) is 15.8. The van der Waals surface area contributed by atoms with E-state index in [-0.39, 0.29) is 10.3 Å². The van der Waals surface area contributed by atoms with E-state index in [2.05, 4.69) is 4.72 Å². The molecule has 0 fully saturated rings. The lowest BCUT2D eigenvalue weighted by Crippen LogP contribution is -2.41. The molecule has 0 amide bonds. The molecular formula is C13H18F3NO2S. The SMILES string of the molecule is C[C@H](NS(=O)(=O)c1cccc(C(F)(F)F)c1)C(C)(C)C. The second kappa shape index (κ2) is 5.37. The van der Waals surface area contributed by atoms with E-state index in [0.717, 1.165) is 18.2 Å². The van der Waals surface area contributed by atoms with Crippen molar-refractivity contribution in [3.8, 4) is 0 Å². The minimum Gasteiger partial charge on any atom is -0.208 e. The number of rotatable bonds is 3. The fraction of sp³-hybridized carbons (Fsp3) is 0.538. The van der Waals surface area contributed by atoms with Gasteiger partial charge in [0.1, 0.15) is 0 Å². The van der Waals surface area contributed by atoms with E-state index in [1.165, 1.54) is 0 Å². The lowest BCUT2D eigenvalue weighted by atomic mass is 9.89. The van der Waals surface area contributed by atoms with Gasteiger partial charge in [-0.15, -0.1) is 0 Å². The summed E-state index contributed by atoms with van der Waals surface area (Å²) in [6, 6.07) is 3.29. The van der Waals surface area contributed by atoms with Crippen LogP contribution in [0.15, 0.2) is 29.2 Å². The van der Waals surface area contributed by atoms with Crippen molar-refractivity contribution in [3.63, 3.8) is 0 Å². The van der Waals surface area contributed by atoms with Crippen LogP contribution < -0.4 is 4.72 Å². The van der Waals surface area contributed by atoms with Gasteiger partial charge in [0.25, 0.3) is 0 Å². The fourth-order valence-electron chi connectivity index (χ4n) is 1.32. The molecule has 0 saturated heterocycles. The molecule has 0 aromatic heterocycles. The Bertz CT molecular complexity index is 574. The molecule has 1 aromatic carbocycles. The summed E-state index contributed by atoms with van der Waals surface area (Å²) in [4.78, 5) is -0.386. The van der Waals surface area contributed by atoms with E-state index in [1.807, 2.05) is 20.8 Å². The summed E-state index contributed by atoms with van der Waals surface area (Å²) in [6.07, 6.45) is -4.57. The van der Waals surface area contributed by atoms with Gasteiger partial charge >= 0.3 is 6.18 Å². The largest absolute Gasteiger partial charge is 0.416 e. The van der Waals surface area contributed by atoms with Gasteiger partial charge < -0.3 is 0 Å². The molecule has 7 heteroatoms. The molecule has 1 N–H and O–H groups in total. The Morgan fingerprint density at radius 1 is 1.15 bits per heavy atom. The number of benzene rings is 1. The summed E-state index contributed by atoms with van der Waals surface area (Å²) in [5.74, 6) is 0. The lowest BCUT2D eigenvalue weighted by molar-refractivity contribution is -0.137. The molecule has 0 unspecified atom stereocenters. The number of hydrogen-bond acceptors (Lipinski definition) is 2. The normalized spacial score (nSPS) is 15.2. The molecule has 0 aliphatic heterocycles. The summed E-state index contributed by atoms with van der Waals surface area (Å²) in [5, 5.41) is 0. The summed E-state index contributed by atoms with van der Waals surface area (Å²) < 4.78 is 64.4. The molecule has 1 rings (SSSR count). The van der Waals surface area contributed by atoms with Gasteiger partial charge in [-0.25, -0.2) is 13.1 Å². The first-order valence-corrected chi connectivity index (χ1v) is 7.52. The second-order valence-electron chi connectivity index (χ2n) is 5.73. The summed E-state index contributed by atoms with van der Waals surface area (Å²) in [6.45, 7) is 7.19. The average Bonchev–Trinajstić information content (AvgIpc) is 2.26. The monoisotopic (exact) mass is 309 g/mol. The molecular weight excluding hydrogens is 291 g/mol. The van der Waals surface area contributed by atoms with Gasteiger partial charge in [0.05, 0.1) is 10.5 Å². The van der Waals surface area contributed by atoms with E-state index in [9.17, 15) is 21.6 Å². The molecule has 0 radical (unpaired) electrons. The molecule has 0 aliphatic rings. The molecule has 0 saturated carbocycles. The maximum atomic E-state index is 12.6. The first kappa shape index (κ1) is 17.0. The predicted octanol–water partition coefficient (Wildman–Crippen LogP) is 3.42. The van der Waals surface area contributed by atoms with Crippen molar-refractivity contribution in [1.82, 2.24) is 4.72 Å². The number of alkyl halides is 3. The van der Waals surface area contributed by atoms with E-state index in [1.54, 1.807) is 6.92 Å². The summed E-state index contributed by atoms with van der Waals surface area (Å²) in [5.41, 5.74) is -1.32. The number of nitrogens with one attached hydrogen (secondary N) is 1. The van der Waals surface area contributed by atoms with Gasteiger partial charge in [0, 0.05) is 6.04 Å². The quantitative estimate of drug-likeness (QED) is 0.930. The Morgan fingerprint density at radius 3 is 2.15 bits per heavy atom. The van der Waals surface area contributed by atoms with Crippen LogP contribution >= 0.6 is 0 Å². The van der Waals surface area contributed by atoms with Crippen molar-refractivity contribution in [2.45, 2.75) is 44.8 Å². The van der Waals surface area contributed by atoms with Crippen molar-refractivity contribution in [2.24, 2.45) is 5.41 Å². The van der Waals surface area contributed by atoms with Crippen LogP contribution in [0.4, 0.5) is 13.2 Å². The second-order valence-corrected chi connectivity index (χ2v) is 7.45. The first-order chi connectivity index (χ1) is 8.84. The van der Waals surface area contributed by atoms with E-state index >= 15 is 0 Å². The molecule has 20 heavy (non-hydrogen) atoms. The van der Waals surface area contributed by atoms with Crippen LogP contribution in [-0.2, 0) is 16.2 Å². The van der Waals surface area contributed by atoms with Crippen LogP contribution in [0, 0.1) is 5.41 Å². The highest BCUT2D eigenvalue weighted by atomic mass is 32.2. The Balaban J connectivity index is 3.11. The van der Waals surface area contributed by atoms with Gasteiger partial charge in [-0.05, 0) is 30.5 Å². The average molecular weight is 309 g/mol. The van der Waals surface area contributed by atoms with Gasteiger partial charge in [-0.2, -0.15) is 13.2 Å². The highest BCUT2D eigenvalue weighted by Gasteiger charge is 2.32. The fourth-order valence-corrected chi connectivity index (χ4v) is 2.81. The van der Waals surface area contributed by atoms with Crippen molar-refractivity contribution in [3.05, 3.63) is 29.8 Å². The van der Waals surface area contributed by atoms with Gasteiger partial charge in [-0.3, -0.25) is 0 Å². The zero-order valence-electron chi connectivity index (χ0n) is 11.7. The van der Waals surface area contributed by atoms with E-state index in [0.29, 0.717) is 6.07 Å². The molecule has 1 atom stereocenters. The smallest absolute Gasteiger partial charge is 0.208 e. The summed E-state index contributed by atoms with van der Waals surface area (Å²) in [7, 11) is -3.98. The van der Waals surface area contributed by atoms with Crippen molar-refractivity contribution in [2.75, 3.05) is 0 Å². The minimum atomic E-state index is -4.57. The van der Waals surface area contributed by atoms with Crippen LogP contribution in [0.25, 0.3) is 0 Å². The first-order valence-electron chi connectivity index (χ1n) is 6.03. The highest BCUT2D eigenvalue weighted by Crippen LogP contribution is 2.30. The van der Waals surface area contributed by atoms with Crippen molar-refractivity contribution < 1.29 is 21.6 Å². The van der Waals surface area contributed by atoms with E-state index < -0.39 is 27.8 Å². The van der Waals surface area contributed by atoms with Gasteiger partial charge in [0.2, 0.25) is 10.0 Å².